The molecule has 39 heavy (non-hydrogen) atoms. The Hall–Kier alpha value is -3.62. The van der Waals surface area contributed by atoms with Crippen LogP contribution in [-0.2, 0) is 29.0 Å². The van der Waals surface area contributed by atoms with Crippen molar-refractivity contribution in [2.75, 3.05) is 11.9 Å². The lowest BCUT2D eigenvalue weighted by Crippen LogP contribution is -2.48. The molecule has 0 saturated carbocycles. The molecule has 4 N–H and O–H groups in total. The van der Waals surface area contributed by atoms with Gasteiger partial charge in [-0.2, -0.15) is 0 Å². The zero-order chi connectivity index (χ0) is 28.4. The van der Waals surface area contributed by atoms with Gasteiger partial charge in [-0.3, -0.25) is 9.59 Å². The number of hydrogen-bond acceptors (Lipinski definition) is 4. The predicted octanol–water partition coefficient (Wildman–Crippen LogP) is 4.74. The summed E-state index contributed by atoms with van der Waals surface area (Å²) < 4.78 is 27.6. The van der Waals surface area contributed by atoms with Crippen molar-refractivity contribution in [1.29, 1.82) is 0 Å². The number of aliphatic hydroxyl groups is 1. The third kappa shape index (κ3) is 9.57. The van der Waals surface area contributed by atoms with Crippen LogP contribution in [0.2, 0.25) is 0 Å². The minimum absolute atomic E-state index is 0.0171. The standard InChI is InChI=1S/C31H37F2N3O3/c1-4-22-9-6-10-23(13-22)18-34-19-28(37)27(16-24-14-25(32)17-26(33)15-24)35-29(38)11-12-30(39)36-31-20(2)7-5-8-21(31)3/h5-10,13-15,17,27-28,34,37H,4,11-12,16,18-19H2,1-3H3,(H,35,38)(H,36,39)/t27-,28+/m0/s1. The highest BCUT2D eigenvalue weighted by molar-refractivity contribution is 5.94. The second-order valence-corrected chi connectivity index (χ2v) is 9.84. The lowest BCUT2D eigenvalue weighted by Gasteiger charge is -2.25. The Balaban J connectivity index is 1.61. The summed E-state index contributed by atoms with van der Waals surface area (Å²) in [7, 11) is 0. The second-order valence-electron chi connectivity index (χ2n) is 9.84. The van der Waals surface area contributed by atoms with E-state index in [2.05, 4.69) is 28.9 Å². The van der Waals surface area contributed by atoms with Gasteiger partial charge < -0.3 is 21.1 Å². The van der Waals surface area contributed by atoms with Crippen LogP contribution in [0.5, 0.6) is 0 Å². The Labute approximate surface area is 228 Å². The number of aliphatic hydroxyl groups excluding tert-OH is 1. The zero-order valence-corrected chi connectivity index (χ0v) is 22.7. The number of halogens is 2. The quantitative estimate of drug-likeness (QED) is 0.254. The third-order valence-corrected chi connectivity index (χ3v) is 6.60. The summed E-state index contributed by atoms with van der Waals surface area (Å²) in [5, 5.41) is 19.7. The Morgan fingerprint density at radius 3 is 2.13 bits per heavy atom. The molecule has 0 aliphatic rings. The summed E-state index contributed by atoms with van der Waals surface area (Å²) >= 11 is 0. The first-order valence-corrected chi connectivity index (χ1v) is 13.2. The highest BCUT2D eigenvalue weighted by atomic mass is 19.1. The molecule has 3 aromatic carbocycles. The molecular formula is C31H37F2N3O3. The first-order valence-electron chi connectivity index (χ1n) is 13.2. The summed E-state index contributed by atoms with van der Waals surface area (Å²) in [6.45, 7) is 6.52. The van der Waals surface area contributed by atoms with Crippen LogP contribution < -0.4 is 16.0 Å². The molecule has 0 spiro atoms. The van der Waals surface area contributed by atoms with E-state index in [1.54, 1.807) is 0 Å². The maximum atomic E-state index is 13.8. The summed E-state index contributed by atoms with van der Waals surface area (Å²) in [4.78, 5) is 25.3. The molecule has 0 radical (unpaired) electrons. The van der Waals surface area contributed by atoms with Gasteiger partial charge in [-0.15, -0.1) is 0 Å². The normalized spacial score (nSPS) is 12.6. The Morgan fingerprint density at radius 2 is 1.46 bits per heavy atom. The van der Waals surface area contributed by atoms with Gasteiger partial charge in [-0.1, -0.05) is 49.4 Å². The first kappa shape index (κ1) is 29.9. The average Bonchev–Trinajstić information content (AvgIpc) is 2.89. The maximum Gasteiger partial charge on any atom is 0.224 e. The fraction of sp³-hybridized carbons (Fsp3) is 0.355. The molecule has 2 atom stereocenters. The van der Waals surface area contributed by atoms with Gasteiger partial charge in [0.05, 0.1) is 12.1 Å². The van der Waals surface area contributed by atoms with Gasteiger partial charge in [-0.25, -0.2) is 8.78 Å². The molecular weight excluding hydrogens is 500 g/mol. The summed E-state index contributed by atoms with van der Waals surface area (Å²) in [6, 6.07) is 16.1. The number of para-hydroxylation sites is 1. The van der Waals surface area contributed by atoms with Crippen molar-refractivity contribution in [3.05, 3.63) is 100 Å². The average molecular weight is 538 g/mol. The summed E-state index contributed by atoms with van der Waals surface area (Å²) in [5.74, 6) is -2.21. The SMILES string of the molecule is CCc1cccc(CNC[C@@H](O)[C@H](Cc2cc(F)cc(F)c2)NC(=O)CCC(=O)Nc2c(C)cccc2C)c1. The fourth-order valence-corrected chi connectivity index (χ4v) is 4.45. The molecule has 0 bridgehead atoms. The van der Waals surface area contributed by atoms with E-state index >= 15 is 0 Å². The van der Waals surface area contributed by atoms with E-state index in [9.17, 15) is 23.5 Å². The lowest BCUT2D eigenvalue weighted by atomic mass is 10.00. The monoisotopic (exact) mass is 537 g/mol. The molecule has 3 rings (SSSR count). The van der Waals surface area contributed by atoms with Gasteiger partial charge in [-0.05, 0) is 66.6 Å². The van der Waals surface area contributed by atoms with E-state index < -0.39 is 29.7 Å². The predicted molar refractivity (Wildman–Crippen MR) is 149 cm³/mol. The number of aryl methyl sites for hydroxylation is 3. The van der Waals surface area contributed by atoms with Crippen LogP contribution in [-0.4, -0.2) is 35.6 Å². The molecule has 3 aromatic rings. The number of anilines is 1. The largest absolute Gasteiger partial charge is 0.390 e. The molecule has 2 amide bonds. The van der Waals surface area contributed by atoms with Gasteiger partial charge in [0.15, 0.2) is 0 Å². The van der Waals surface area contributed by atoms with Crippen molar-refractivity contribution < 1.29 is 23.5 Å². The van der Waals surface area contributed by atoms with E-state index in [1.165, 1.54) is 17.7 Å². The number of amides is 2. The lowest BCUT2D eigenvalue weighted by molar-refractivity contribution is -0.125. The number of hydrogen-bond donors (Lipinski definition) is 4. The molecule has 0 aliphatic carbocycles. The topological polar surface area (TPSA) is 90.5 Å². The van der Waals surface area contributed by atoms with E-state index in [4.69, 9.17) is 0 Å². The molecule has 8 heteroatoms. The molecule has 0 saturated heterocycles. The molecule has 0 aromatic heterocycles. The molecule has 0 aliphatic heterocycles. The molecule has 0 fully saturated rings. The Bertz CT molecular complexity index is 1240. The highest BCUT2D eigenvalue weighted by Gasteiger charge is 2.23. The van der Waals surface area contributed by atoms with Gasteiger partial charge in [0.25, 0.3) is 0 Å². The van der Waals surface area contributed by atoms with Crippen LogP contribution in [0.1, 0.15) is 47.6 Å². The van der Waals surface area contributed by atoms with Gasteiger partial charge in [0.2, 0.25) is 11.8 Å². The van der Waals surface area contributed by atoms with Crippen molar-refractivity contribution in [2.24, 2.45) is 0 Å². The van der Waals surface area contributed by atoms with Crippen LogP contribution in [0.4, 0.5) is 14.5 Å². The van der Waals surface area contributed by atoms with Gasteiger partial charge in [0.1, 0.15) is 11.6 Å². The van der Waals surface area contributed by atoms with Crippen LogP contribution in [0.25, 0.3) is 0 Å². The summed E-state index contributed by atoms with van der Waals surface area (Å²) in [5.41, 5.74) is 5.14. The van der Waals surface area contributed by atoms with Crippen molar-refractivity contribution in [3.8, 4) is 0 Å². The number of carbonyl (C=O) groups excluding carboxylic acids is 2. The van der Waals surface area contributed by atoms with Crippen LogP contribution in [0.15, 0.2) is 60.7 Å². The van der Waals surface area contributed by atoms with E-state index in [-0.39, 0.29) is 31.7 Å². The Kier molecular flexibility index (Phi) is 11.1. The number of carbonyl (C=O) groups is 2. The molecule has 208 valence electrons. The van der Waals surface area contributed by atoms with Crippen molar-refractivity contribution >= 4 is 17.5 Å². The van der Waals surface area contributed by atoms with Crippen LogP contribution in [0.3, 0.4) is 0 Å². The molecule has 0 unspecified atom stereocenters. The van der Waals surface area contributed by atoms with Crippen molar-refractivity contribution in [3.63, 3.8) is 0 Å². The fourth-order valence-electron chi connectivity index (χ4n) is 4.45. The van der Waals surface area contributed by atoms with E-state index in [1.807, 2.05) is 50.2 Å². The van der Waals surface area contributed by atoms with Crippen molar-refractivity contribution in [2.45, 2.75) is 65.1 Å². The smallest absolute Gasteiger partial charge is 0.224 e. The molecule has 0 heterocycles. The summed E-state index contributed by atoms with van der Waals surface area (Å²) in [6.07, 6.45) is -0.267. The molecule has 6 nitrogen and oxygen atoms in total. The number of rotatable bonds is 13. The van der Waals surface area contributed by atoms with Gasteiger partial charge >= 0.3 is 0 Å². The number of nitrogens with one attached hydrogen (secondary N) is 3. The van der Waals surface area contributed by atoms with Crippen LogP contribution in [0, 0.1) is 25.5 Å². The van der Waals surface area contributed by atoms with E-state index in [0.717, 1.165) is 34.9 Å². The Morgan fingerprint density at radius 1 is 0.846 bits per heavy atom. The third-order valence-electron chi connectivity index (χ3n) is 6.60. The van der Waals surface area contributed by atoms with Crippen LogP contribution >= 0.6 is 0 Å². The minimum Gasteiger partial charge on any atom is -0.390 e. The highest BCUT2D eigenvalue weighted by Crippen LogP contribution is 2.20. The van der Waals surface area contributed by atoms with Crippen molar-refractivity contribution in [1.82, 2.24) is 10.6 Å². The zero-order valence-electron chi connectivity index (χ0n) is 22.7. The minimum atomic E-state index is -1.04. The number of benzene rings is 3. The first-order chi connectivity index (χ1) is 18.6. The van der Waals surface area contributed by atoms with E-state index in [0.29, 0.717) is 12.1 Å². The van der Waals surface area contributed by atoms with Gasteiger partial charge in [0, 0.05) is 37.7 Å². The second kappa shape index (κ2) is 14.5. The maximum absolute atomic E-state index is 13.8.